The highest BCUT2D eigenvalue weighted by atomic mass is 16.5. The molecule has 0 unspecified atom stereocenters. The molecule has 1 aromatic carbocycles. The van der Waals surface area contributed by atoms with Gasteiger partial charge in [0, 0.05) is 31.9 Å². The van der Waals surface area contributed by atoms with E-state index in [0.29, 0.717) is 29.6 Å². The lowest BCUT2D eigenvalue weighted by Gasteiger charge is -2.16. The minimum absolute atomic E-state index is 0.0605. The second kappa shape index (κ2) is 7.61. The largest absolute Gasteiger partial charge is 0.485 e. The molecule has 0 bridgehead atoms. The molecular weight excluding hydrogens is 322 g/mol. The number of carbonyl (C=O) groups is 1. The molecule has 0 saturated heterocycles. The molecule has 25 heavy (non-hydrogen) atoms. The van der Waals surface area contributed by atoms with Gasteiger partial charge in [-0.05, 0) is 19.1 Å². The average molecular weight is 341 g/mol. The van der Waals surface area contributed by atoms with Crippen molar-refractivity contribution in [3.05, 3.63) is 60.3 Å². The first-order valence-electron chi connectivity index (χ1n) is 7.89. The number of imidazole rings is 1. The van der Waals surface area contributed by atoms with Gasteiger partial charge in [-0.25, -0.2) is 4.98 Å². The van der Waals surface area contributed by atoms with Gasteiger partial charge in [0.05, 0.1) is 11.9 Å². The van der Waals surface area contributed by atoms with Gasteiger partial charge in [-0.1, -0.05) is 17.3 Å². The van der Waals surface area contributed by atoms with Crippen molar-refractivity contribution in [2.24, 2.45) is 0 Å². The molecule has 0 saturated carbocycles. The molecule has 2 aromatic heterocycles. The van der Waals surface area contributed by atoms with Crippen molar-refractivity contribution >= 4 is 5.91 Å². The maximum atomic E-state index is 12.6. The summed E-state index contributed by atoms with van der Waals surface area (Å²) in [6, 6.07) is 7.00. The summed E-state index contributed by atoms with van der Waals surface area (Å²) in [6.07, 6.45) is 5.27. The average Bonchev–Trinajstić information content (AvgIpc) is 3.24. The third kappa shape index (κ3) is 4.43. The van der Waals surface area contributed by atoms with Crippen LogP contribution in [0.25, 0.3) is 0 Å². The zero-order valence-electron chi connectivity index (χ0n) is 14.0. The molecule has 0 fully saturated rings. The van der Waals surface area contributed by atoms with Crippen LogP contribution in [0.5, 0.6) is 5.75 Å². The van der Waals surface area contributed by atoms with Crippen molar-refractivity contribution in [2.75, 3.05) is 0 Å². The fraction of sp³-hybridized carbons (Fsp3) is 0.294. The molecular formula is C17H19N5O3. The van der Waals surface area contributed by atoms with Gasteiger partial charge in [0.1, 0.15) is 5.75 Å². The molecule has 0 aliphatic rings. The minimum Gasteiger partial charge on any atom is -0.485 e. The molecule has 0 spiro atoms. The summed E-state index contributed by atoms with van der Waals surface area (Å²) in [5, 5.41) is 6.73. The lowest BCUT2D eigenvalue weighted by molar-refractivity contribution is 0.0932. The molecule has 3 aromatic rings. The standard InChI is InChI=1S/C17H19N5O3/c1-12(9-22-8-7-18-11-22)19-17(23)14-5-3-4-6-15(14)24-10-16-20-13(2)25-21-16/h3-8,11-12H,9-10H2,1-2H3,(H,19,23)/t12-/m1/s1. The molecule has 3 rings (SSSR count). The Morgan fingerprint density at radius 2 is 2.24 bits per heavy atom. The predicted octanol–water partition coefficient (Wildman–Crippen LogP) is 1.97. The molecule has 8 heteroatoms. The summed E-state index contributed by atoms with van der Waals surface area (Å²) in [5.41, 5.74) is 0.459. The Hall–Kier alpha value is -3.16. The maximum absolute atomic E-state index is 12.6. The van der Waals surface area contributed by atoms with Gasteiger partial charge in [-0.2, -0.15) is 4.98 Å². The van der Waals surface area contributed by atoms with Crippen LogP contribution in [0.3, 0.4) is 0 Å². The third-order valence-electron chi connectivity index (χ3n) is 3.48. The number of carbonyl (C=O) groups excluding carboxylic acids is 1. The monoisotopic (exact) mass is 341 g/mol. The number of para-hydroxylation sites is 1. The first-order valence-corrected chi connectivity index (χ1v) is 7.89. The van der Waals surface area contributed by atoms with Crippen molar-refractivity contribution in [1.82, 2.24) is 25.0 Å². The van der Waals surface area contributed by atoms with Gasteiger partial charge in [0.15, 0.2) is 6.61 Å². The summed E-state index contributed by atoms with van der Waals surface area (Å²) < 4.78 is 12.5. The first-order chi connectivity index (χ1) is 12.1. The number of rotatable bonds is 7. The second-order valence-electron chi connectivity index (χ2n) is 5.65. The SMILES string of the molecule is Cc1nc(COc2ccccc2C(=O)N[C@H](C)Cn2ccnc2)no1. The summed E-state index contributed by atoms with van der Waals surface area (Å²) in [7, 11) is 0. The van der Waals surface area contributed by atoms with E-state index in [1.54, 1.807) is 37.6 Å². The number of amides is 1. The van der Waals surface area contributed by atoms with E-state index in [2.05, 4.69) is 20.4 Å². The highest BCUT2D eigenvalue weighted by Gasteiger charge is 2.15. The van der Waals surface area contributed by atoms with Crippen LogP contribution in [0.4, 0.5) is 0 Å². The topological polar surface area (TPSA) is 95.1 Å². The molecule has 0 aliphatic carbocycles. The highest BCUT2D eigenvalue weighted by Crippen LogP contribution is 2.19. The summed E-state index contributed by atoms with van der Waals surface area (Å²) >= 11 is 0. The Kier molecular flexibility index (Phi) is 5.08. The number of aromatic nitrogens is 4. The summed E-state index contributed by atoms with van der Waals surface area (Å²) in [6.45, 7) is 4.41. The maximum Gasteiger partial charge on any atom is 0.255 e. The molecule has 1 atom stereocenters. The molecule has 2 heterocycles. The first kappa shape index (κ1) is 16.7. The smallest absolute Gasteiger partial charge is 0.255 e. The molecule has 0 aliphatic heterocycles. The van der Waals surface area contributed by atoms with Gasteiger partial charge in [0.2, 0.25) is 11.7 Å². The lowest BCUT2D eigenvalue weighted by Crippen LogP contribution is -2.35. The van der Waals surface area contributed by atoms with Crippen molar-refractivity contribution in [3.63, 3.8) is 0 Å². The van der Waals surface area contributed by atoms with Crippen LogP contribution < -0.4 is 10.1 Å². The van der Waals surface area contributed by atoms with Gasteiger partial charge >= 0.3 is 0 Å². The Morgan fingerprint density at radius 3 is 2.96 bits per heavy atom. The third-order valence-corrected chi connectivity index (χ3v) is 3.48. The van der Waals surface area contributed by atoms with E-state index >= 15 is 0 Å². The molecule has 0 radical (unpaired) electrons. The van der Waals surface area contributed by atoms with Crippen LogP contribution in [0.2, 0.25) is 0 Å². The van der Waals surface area contributed by atoms with E-state index in [-0.39, 0.29) is 18.6 Å². The Bertz CT molecular complexity index is 828. The van der Waals surface area contributed by atoms with Crippen LogP contribution in [0.15, 0.2) is 47.5 Å². The number of aryl methyl sites for hydroxylation is 1. The van der Waals surface area contributed by atoms with E-state index in [4.69, 9.17) is 9.26 Å². The number of ether oxygens (including phenoxy) is 1. The van der Waals surface area contributed by atoms with Crippen LogP contribution in [-0.2, 0) is 13.2 Å². The van der Waals surface area contributed by atoms with Crippen LogP contribution >= 0.6 is 0 Å². The molecule has 8 nitrogen and oxygen atoms in total. The van der Waals surface area contributed by atoms with Crippen molar-refractivity contribution < 1.29 is 14.1 Å². The molecule has 130 valence electrons. The number of benzene rings is 1. The second-order valence-corrected chi connectivity index (χ2v) is 5.65. The Labute approximate surface area is 144 Å². The Balaban J connectivity index is 1.63. The van der Waals surface area contributed by atoms with Crippen molar-refractivity contribution in [1.29, 1.82) is 0 Å². The number of hydrogen-bond acceptors (Lipinski definition) is 6. The number of nitrogens with one attached hydrogen (secondary N) is 1. The normalized spacial score (nSPS) is 11.9. The fourth-order valence-corrected chi connectivity index (χ4v) is 2.38. The number of nitrogens with zero attached hydrogens (tertiary/aromatic N) is 4. The van der Waals surface area contributed by atoms with E-state index in [9.17, 15) is 4.79 Å². The van der Waals surface area contributed by atoms with Gasteiger partial charge in [-0.15, -0.1) is 0 Å². The number of hydrogen-bond donors (Lipinski definition) is 1. The van der Waals surface area contributed by atoms with Crippen molar-refractivity contribution in [2.45, 2.75) is 33.0 Å². The van der Waals surface area contributed by atoms with E-state index in [1.807, 2.05) is 23.8 Å². The summed E-state index contributed by atoms with van der Waals surface area (Å²) in [5.74, 6) is 1.17. The van der Waals surface area contributed by atoms with Crippen LogP contribution in [-0.4, -0.2) is 31.6 Å². The predicted molar refractivity (Wildman–Crippen MR) is 89.0 cm³/mol. The fourth-order valence-electron chi connectivity index (χ4n) is 2.38. The Morgan fingerprint density at radius 1 is 1.40 bits per heavy atom. The van der Waals surface area contributed by atoms with Crippen LogP contribution in [0.1, 0.15) is 29.0 Å². The zero-order valence-corrected chi connectivity index (χ0v) is 14.0. The quantitative estimate of drug-likeness (QED) is 0.706. The van der Waals surface area contributed by atoms with Gasteiger partial charge in [0.25, 0.3) is 5.91 Å². The van der Waals surface area contributed by atoms with Crippen LogP contribution in [0, 0.1) is 6.92 Å². The zero-order chi connectivity index (χ0) is 17.6. The minimum atomic E-state index is -0.201. The van der Waals surface area contributed by atoms with Gasteiger partial charge < -0.3 is 19.1 Å². The van der Waals surface area contributed by atoms with Gasteiger partial charge in [-0.3, -0.25) is 4.79 Å². The summed E-state index contributed by atoms with van der Waals surface area (Å²) in [4.78, 5) is 20.6. The molecule has 1 N–H and O–H groups in total. The highest BCUT2D eigenvalue weighted by molar-refractivity contribution is 5.97. The lowest BCUT2D eigenvalue weighted by atomic mass is 10.1. The van der Waals surface area contributed by atoms with E-state index in [0.717, 1.165) is 0 Å². The molecule has 1 amide bonds. The van der Waals surface area contributed by atoms with E-state index < -0.39 is 0 Å². The van der Waals surface area contributed by atoms with E-state index in [1.165, 1.54) is 0 Å². The van der Waals surface area contributed by atoms with Crippen molar-refractivity contribution in [3.8, 4) is 5.75 Å².